The lowest BCUT2D eigenvalue weighted by atomic mass is 10.2. The van der Waals surface area contributed by atoms with Gasteiger partial charge in [0.2, 0.25) is 5.91 Å². The number of hydrogen-bond donors (Lipinski definition) is 1. The highest BCUT2D eigenvalue weighted by atomic mass is 16.2. The van der Waals surface area contributed by atoms with Crippen LogP contribution in [-0.2, 0) is 24.9 Å². The number of rotatable bonds is 8. The van der Waals surface area contributed by atoms with Gasteiger partial charge in [-0.25, -0.2) is 4.79 Å². The Kier molecular flexibility index (Phi) is 6.36. The highest BCUT2D eigenvalue weighted by Gasteiger charge is 2.35. The van der Waals surface area contributed by atoms with Crippen molar-refractivity contribution in [3.8, 4) is 0 Å². The van der Waals surface area contributed by atoms with E-state index in [-0.39, 0.29) is 24.5 Å². The van der Waals surface area contributed by atoms with Gasteiger partial charge in [0.05, 0.1) is 6.54 Å². The summed E-state index contributed by atoms with van der Waals surface area (Å²) in [6.45, 7) is 1.07. The van der Waals surface area contributed by atoms with Crippen molar-refractivity contribution < 1.29 is 9.59 Å². The Morgan fingerprint density at radius 3 is 2.23 bits per heavy atom. The molecule has 2 aromatic carbocycles. The largest absolute Gasteiger partial charge is 0.353 e. The maximum absolute atomic E-state index is 13.4. The van der Waals surface area contributed by atoms with Gasteiger partial charge in [-0.1, -0.05) is 48.5 Å². The normalized spacial score (nSPS) is 12.9. The molecule has 0 radical (unpaired) electrons. The van der Waals surface area contributed by atoms with Gasteiger partial charge in [-0.2, -0.15) is 0 Å². The molecule has 1 aliphatic carbocycles. The molecule has 6 heteroatoms. The number of amides is 3. The van der Waals surface area contributed by atoms with E-state index in [1.165, 1.54) is 0 Å². The number of urea groups is 1. The van der Waals surface area contributed by atoms with Gasteiger partial charge >= 0.3 is 6.03 Å². The van der Waals surface area contributed by atoms with Crippen LogP contribution >= 0.6 is 0 Å². The number of carbonyl (C=O) groups excluding carboxylic acids is 2. The third-order valence-electron chi connectivity index (χ3n) is 5.55. The molecule has 0 bridgehead atoms. The van der Waals surface area contributed by atoms with Crippen LogP contribution in [0.3, 0.4) is 0 Å². The van der Waals surface area contributed by atoms with Crippen molar-refractivity contribution in [2.75, 3.05) is 11.9 Å². The summed E-state index contributed by atoms with van der Waals surface area (Å²) in [5, 5.41) is 2.92. The van der Waals surface area contributed by atoms with Gasteiger partial charge in [-0.3, -0.25) is 4.79 Å². The van der Waals surface area contributed by atoms with E-state index in [2.05, 4.69) is 5.32 Å². The van der Waals surface area contributed by atoms with E-state index in [9.17, 15) is 9.59 Å². The quantitative estimate of drug-likeness (QED) is 0.597. The fourth-order valence-electron chi connectivity index (χ4n) is 3.61. The Balaban J connectivity index is 1.49. The van der Waals surface area contributed by atoms with Gasteiger partial charge in [-0.05, 0) is 42.7 Å². The summed E-state index contributed by atoms with van der Waals surface area (Å²) < 4.78 is 2.02. The number of anilines is 1. The van der Waals surface area contributed by atoms with Gasteiger partial charge in [0.1, 0.15) is 6.54 Å². The molecule has 0 atom stereocenters. The predicted octanol–water partition coefficient (Wildman–Crippen LogP) is 4.25. The lowest BCUT2D eigenvalue weighted by molar-refractivity contribution is -0.133. The van der Waals surface area contributed by atoms with Crippen LogP contribution in [0, 0.1) is 0 Å². The molecule has 1 aliphatic rings. The molecule has 0 unspecified atom stereocenters. The van der Waals surface area contributed by atoms with Crippen molar-refractivity contribution in [1.82, 2.24) is 14.4 Å². The molecule has 0 spiro atoms. The molecule has 4 rings (SSSR count). The number of nitrogens with one attached hydrogen (secondary N) is 1. The minimum Gasteiger partial charge on any atom is -0.353 e. The van der Waals surface area contributed by atoms with Crippen molar-refractivity contribution in [3.05, 3.63) is 90.3 Å². The second-order valence-corrected chi connectivity index (χ2v) is 8.00. The van der Waals surface area contributed by atoms with Gasteiger partial charge < -0.3 is 19.7 Å². The maximum Gasteiger partial charge on any atom is 0.322 e. The van der Waals surface area contributed by atoms with E-state index in [0.29, 0.717) is 13.1 Å². The Morgan fingerprint density at radius 1 is 0.935 bits per heavy atom. The van der Waals surface area contributed by atoms with E-state index < -0.39 is 0 Å². The molecule has 6 nitrogen and oxygen atoms in total. The first kappa shape index (κ1) is 20.7. The molecule has 1 aromatic heterocycles. The zero-order valence-corrected chi connectivity index (χ0v) is 17.8. The highest BCUT2D eigenvalue weighted by Crippen LogP contribution is 2.28. The number of aromatic nitrogens is 1. The van der Waals surface area contributed by atoms with Crippen molar-refractivity contribution in [1.29, 1.82) is 0 Å². The maximum atomic E-state index is 13.4. The van der Waals surface area contributed by atoms with Crippen LogP contribution < -0.4 is 5.32 Å². The second-order valence-electron chi connectivity index (χ2n) is 8.00. The summed E-state index contributed by atoms with van der Waals surface area (Å²) in [5.41, 5.74) is 2.85. The number of benzene rings is 2. The SMILES string of the molecule is Cn1cccc1CN(Cc1ccccc1)C(=O)CN(C(=O)Nc1ccccc1)C1CC1. The monoisotopic (exact) mass is 416 g/mol. The summed E-state index contributed by atoms with van der Waals surface area (Å²) in [6, 6.07) is 23.2. The van der Waals surface area contributed by atoms with Crippen LogP contribution in [0.5, 0.6) is 0 Å². The number of para-hydroxylation sites is 1. The highest BCUT2D eigenvalue weighted by molar-refractivity contribution is 5.92. The number of nitrogens with zero attached hydrogens (tertiary/aromatic N) is 3. The summed E-state index contributed by atoms with van der Waals surface area (Å²) in [7, 11) is 1.98. The third kappa shape index (κ3) is 5.54. The summed E-state index contributed by atoms with van der Waals surface area (Å²) in [6.07, 6.45) is 3.85. The van der Waals surface area contributed by atoms with Crippen molar-refractivity contribution in [3.63, 3.8) is 0 Å². The predicted molar refractivity (Wildman–Crippen MR) is 121 cm³/mol. The zero-order chi connectivity index (χ0) is 21.6. The van der Waals surface area contributed by atoms with E-state index >= 15 is 0 Å². The lowest BCUT2D eigenvalue weighted by Crippen LogP contribution is -2.45. The molecule has 1 saturated carbocycles. The van der Waals surface area contributed by atoms with Crippen LogP contribution in [0.15, 0.2) is 79.0 Å². The fraction of sp³-hybridized carbons (Fsp3) is 0.280. The minimum atomic E-state index is -0.222. The Morgan fingerprint density at radius 2 is 1.61 bits per heavy atom. The molecular weight excluding hydrogens is 388 g/mol. The lowest BCUT2D eigenvalue weighted by Gasteiger charge is -2.28. The van der Waals surface area contributed by atoms with Gasteiger partial charge in [0, 0.05) is 37.2 Å². The van der Waals surface area contributed by atoms with E-state index in [4.69, 9.17) is 0 Å². The molecule has 0 saturated heterocycles. The number of aryl methyl sites for hydroxylation is 1. The number of hydrogen-bond acceptors (Lipinski definition) is 2. The second kappa shape index (κ2) is 9.51. The average Bonchev–Trinajstić information content (AvgIpc) is 3.55. The molecule has 0 aliphatic heterocycles. The number of carbonyl (C=O) groups is 2. The first-order valence-corrected chi connectivity index (χ1v) is 10.6. The van der Waals surface area contributed by atoms with Crippen molar-refractivity contribution in [2.45, 2.75) is 32.0 Å². The first-order valence-electron chi connectivity index (χ1n) is 10.6. The van der Waals surface area contributed by atoms with Crippen molar-refractivity contribution >= 4 is 17.6 Å². The Bertz CT molecular complexity index is 1010. The molecule has 3 amide bonds. The summed E-state index contributed by atoms with van der Waals surface area (Å²) >= 11 is 0. The fourth-order valence-corrected chi connectivity index (χ4v) is 3.61. The minimum absolute atomic E-state index is 0.0554. The summed E-state index contributed by atoms with van der Waals surface area (Å²) in [4.78, 5) is 29.8. The molecular formula is C25H28N4O2. The molecule has 3 aromatic rings. The first-order chi connectivity index (χ1) is 15.1. The van der Waals surface area contributed by atoms with Crippen LogP contribution in [0.2, 0.25) is 0 Å². The Hall–Kier alpha value is -3.54. The van der Waals surface area contributed by atoms with Crippen LogP contribution in [0.4, 0.5) is 10.5 Å². The van der Waals surface area contributed by atoms with E-state index in [0.717, 1.165) is 29.8 Å². The molecule has 1 fully saturated rings. The van der Waals surface area contributed by atoms with Gasteiger partial charge in [-0.15, -0.1) is 0 Å². The average molecular weight is 417 g/mol. The van der Waals surface area contributed by atoms with E-state index in [1.54, 1.807) is 4.90 Å². The molecule has 1 heterocycles. The van der Waals surface area contributed by atoms with Crippen molar-refractivity contribution in [2.24, 2.45) is 7.05 Å². The smallest absolute Gasteiger partial charge is 0.322 e. The Labute approximate surface area is 183 Å². The molecule has 31 heavy (non-hydrogen) atoms. The third-order valence-corrected chi connectivity index (χ3v) is 5.55. The van der Waals surface area contributed by atoms with Crippen LogP contribution in [0.1, 0.15) is 24.1 Å². The standard InChI is InChI=1S/C25H28N4O2/c1-27-16-8-13-23(27)18-28(17-20-9-4-2-5-10-20)24(30)19-29(22-14-15-22)25(31)26-21-11-6-3-7-12-21/h2-13,16,22H,14-15,17-19H2,1H3,(H,26,31). The molecule has 160 valence electrons. The van der Waals surface area contributed by atoms with Crippen LogP contribution in [-0.4, -0.2) is 38.9 Å². The van der Waals surface area contributed by atoms with E-state index in [1.807, 2.05) is 95.5 Å². The zero-order valence-electron chi connectivity index (χ0n) is 17.8. The summed E-state index contributed by atoms with van der Waals surface area (Å²) in [5.74, 6) is -0.0554. The topological polar surface area (TPSA) is 57.6 Å². The van der Waals surface area contributed by atoms with Gasteiger partial charge in [0.15, 0.2) is 0 Å². The van der Waals surface area contributed by atoms with Crippen LogP contribution in [0.25, 0.3) is 0 Å². The molecule has 1 N–H and O–H groups in total. The van der Waals surface area contributed by atoms with Gasteiger partial charge in [0.25, 0.3) is 0 Å².